The molecule has 0 amide bonds. The highest BCUT2D eigenvalue weighted by atomic mass is 16.6. The Balaban J connectivity index is 4.42. The highest BCUT2D eigenvalue weighted by Gasteiger charge is 2.19. The van der Waals surface area contributed by atoms with Crippen molar-refractivity contribution in [3.8, 4) is 0 Å². The third-order valence-electron chi connectivity index (χ3n) is 13.8. The highest BCUT2D eigenvalue weighted by molar-refractivity contribution is 5.71. The monoisotopic (exact) mass is 1060 g/mol. The quantitative estimate of drug-likeness (QED) is 0.0261. The van der Waals surface area contributed by atoms with Gasteiger partial charge in [0.1, 0.15) is 13.2 Å². The first-order valence-electron chi connectivity index (χ1n) is 32.2. The van der Waals surface area contributed by atoms with E-state index < -0.39 is 6.10 Å². The molecular formula is C70H120O6. The van der Waals surface area contributed by atoms with Crippen LogP contribution in [0.5, 0.6) is 0 Å². The third-order valence-corrected chi connectivity index (χ3v) is 13.8. The van der Waals surface area contributed by atoms with Crippen molar-refractivity contribution >= 4 is 17.9 Å². The number of rotatable bonds is 58. The molecule has 1 unspecified atom stereocenters. The molecule has 6 heteroatoms. The van der Waals surface area contributed by atoms with Gasteiger partial charge in [-0.15, -0.1) is 0 Å². The Hall–Kier alpha value is -3.67. The van der Waals surface area contributed by atoms with Crippen molar-refractivity contribution in [2.75, 3.05) is 13.2 Å². The normalized spacial score (nSPS) is 12.7. The third kappa shape index (κ3) is 61.2. The van der Waals surface area contributed by atoms with Crippen LogP contribution in [0.15, 0.2) is 97.2 Å². The average molecular weight is 1060 g/mol. The Morgan fingerprint density at radius 3 is 0.829 bits per heavy atom. The van der Waals surface area contributed by atoms with Gasteiger partial charge in [-0.3, -0.25) is 14.4 Å². The zero-order valence-electron chi connectivity index (χ0n) is 50.0. The predicted molar refractivity (Wildman–Crippen MR) is 330 cm³/mol. The van der Waals surface area contributed by atoms with Crippen LogP contribution >= 0.6 is 0 Å². The fraction of sp³-hybridized carbons (Fsp3) is 0.729. The summed E-state index contributed by atoms with van der Waals surface area (Å²) in [4.78, 5) is 38.3. The van der Waals surface area contributed by atoms with Gasteiger partial charge in [0.15, 0.2) is 6.10 Å². The summed E-state index contributed by atoms with van der Waals surface area (Å²) in [7, 11) is 0. The van der Waals surface area contributed by atoms with E-state index in [-0.39, 0.29) is 31.1 Å². The largest absolute Gasteiger partial charge is 0.462 e. The number of ether oxygens (including phenoxy) is 3. The first-order chi connectivity index (χ1) is 37.5. The summed E-state index contributed by atoms with van der Waals surface area (Å²) in [6.07, 6.45) is 85.5. The molecule has 1 atom stereocenters. The van der Waals surface area contributed by atoms with Crippen LogP contribution in [-0.4, -0.2) is 37.2 Å². The lowest BCUT2D eigenvalue weighted by Crippen LogP contribution is -2.30. The minimum Gasteiger partial charge on any atom is -0.462 e. The fourth-order valence-electron chi connectivity index (χ4n) is 9.01. The minimum absolute atomic E-state index is 0.0913. The topological polar surface area (TPSA) is 78.9 Å². The molecule has 0 aromatic rings. The molecule has 0 spiro atoms. The second kappa shape index (κ2) is 63.9. The first-order valence-corrected chi connectivity index (χ1v) is 32.2. The van der Waals surface area contributed by atoms with Crippen LogP contribution in [0.25, 0.3) is 0 Å². The number of allylic oxidation sites excluding steroid dienone is 16. The molecule has 0 fully saturated rings. The molecule has 436 valence electrons. The first kappa shape index (κ1) is 72.3. The van der Waals surface area contributed by atoms with Gasteiger partial charge in [-0.25, -0.2) is 0 Å². The summed E-state index contributed by atoms with van der Waals surface area (Å²) in [6, 6.07) is 0. The zero-order valence-corrected chi connectivity index (χ0v) is 50.0. The van der Waals surface area contributed by atoms with Crippen LogP contribution in [0.4, 0.5) is 0 Å². The van der Waals surface area contributed by atoms with Crippen molar-refractivity contribution in [3.63, 3.8) is 0 Å². The Labute approximate surface area is 470 Å². The number of unbranched alkanes of at least 4 members (excludes halogenated alkanes) is 31. The average Bonchev–Trinajstić information content (AvgIpc) is 3.42. The highest BCUT2D eigenvalue weighted by Crippen LogP contribution is 2.17. The van der Waals surface area contributed by atoms with E-state index >= 15 is 0 Å². The molecule has 0 aliphatic heterocycles. The summed E-state index contributed by atoms with van der Waals surface area (Å²) >= 11 is 0. The predicted octanol–water partition coefficient (Wildman–Crippen LogP) is 22.0. The number of hydrogen-bond donors (Lipinski definition) is 0. The van der Waals surface area contributed by atoms with Gasteiger partial charge < -0.3 is 14.2 Å². The lowest BCUT2D eigenvalue weighted by atomic mass is 10.0. The molecule has 0 aromatic heterocycles. The molecule has 0 N–H and O–H groups in total. The minimum atomic E-state index is -0.795. The maximum atomic E-state index is 12.9. The zero-order chi connectivity index (χ0) is 55.0. The second-order valence-electron chi connectivity index (χ2n) is 21.3. The molecule has 0 rings (SSSR count). The Bertz CT molecular complexity index is 1490. The van der Waals surface area contributed by atoms with E-state index in [1.807, 2.05) is 0 Å². The molecule has 0 aromatic carbocycles. The van der Waals surface area contributed by atoms with Crippen molar-refractivity contribution < 1.29 is 28.6 Å². The maximum Gasteiger partial charge on any atom is 0.306 e. The van der Waals surface area contributed by atoms with Gasteiger partial charge >= 0.3 is 17.9 Å². The fourth-order valence-corrected chi connectivity index (χ4v) is 9.01. The second-order valence-corrected chi connectivity index (χ2v) is 21.3. The van der Waals surface area contributed by atoms with Gasteiger partial charge in [0.05, 0.1) is 0 Å². The van der Waals surface area contributed by atoms with Gasteiger partial charge in [-0.05, 0) is 103 Å². The molecule has 0 saturated heterocycles. The van der Waals surface area contributed by atoms with E-state index in [1.54, 1.807) is 0 Å². The molecule has 0 aliphatic carbocycles. The van der Waals surface area contributed by atoms with Gasteiger partial charge in [0.25, 0.3) is 0 Å². The van der Waals surface area contributed by atoms with E-state index in [0.29, 0.717) is 19.3 Å². The van der Waals surface area contributed by atoms with Crippen molar-refractivity contribution in [3.05, 3.63) is 97.2 Å². The van der Waals surface area contributed by atoms with E-state index in [1.165, 1.54) is 135 Å². The Morgan fingerprint density at radius 2 is 0.513 bits per heavy atom. The number of carbonyl (C=O) groups excluding carboxylic acids is 3. The molecule has 0 radical (unpaired) electrons. The van der Waals surface area contributed by atoms with Gasteiger partial charge in [-0.1, -0.05) is 285 Å². The van der Waals surface area contributed by atoms with Crippen molar-refractivity contribution in [1.82, 2.24) is 0 Å². The molecule has 76 heavy (non-hydrogen) atoms. The molecule has 0 aliphatic rings. The molecular weight excluding hydrogens is 937 g/mol. The maximum absolute atomic E-state index is 12.9. The number of carbonyl (C=O) groups is 3. The SMILES string of the molecule is CC/C=C\C/C=C\C/C=C\C/C=C\C/C=C\C/C=C\CCCCCCC(=O)OCC(COC(=O)CCCCCCC/C=C\C/C=C\CCCCC)OC(=O)CCCCCCCCCCCCCCCCCCCCCC. The molecule has 0 heterocycles. The van der Waals surface area contributed by atoms with Gasteiger partial charge in [0.2, 0.25) is 0 Å². The van der Waals surface area contributed by atoms with Crippen LogP contribution in [-0.2, 0) is 28.6 Å². The van der Waals surface area contributed by atoms with Crippen molar-refractivity contribution in [2.45, 2.75) is 316 Å². The van der Waals surface area contributed by atoms with Crippen LogP contribution in [0, 0.1) is 0 Å². The van der Waals surface area contributed by atoms with Crippen molar-refractivity contribution in [2.24, 2.45) is 0 Å². The summed E-state index contributed by atoms with van der Waals surface area (Å²) in [5.41, 5.74) is 0. The van der Waals surface area contributed by atoms with Gasteiger partial charge in [-0.2, -0.15) is 0 Å². The number of esters is 3. The standard InChI is InChI=1S/C70H120O6/c1-4-7-10-13-16-19-22-25-28-30-32-34-35-36-38-39-42-45-48-51-54-57-60-63-69(72)75-66-67(65-74-68(71)62-59-56-53-50-47-44-41-27-24-21-18-15-12-9-6-3)76-70(73)64-61-58-55-52-49-46-43-40-37-33-31-29-26-23-20-17-14-11-8-5-2/h7,10,16,18-19,21,25,27-28,32,34,36,38,41-42,45,67H,4-6,8-9,11-15,17,20,22-24,26,29-31,33,35,37,39-40,43-44,46-66H2,1-3H3/b10-7-,19-16-,21-18-,28-25-,34-32-,38-36-,41-27-,45-42-. The number of hydrogen-bond acceptors (Lipinski definition) is 6. The van der Waals surface area contributed by atoms with Crippen LogP contribution in [0.1, 0.15) is 310 Å². The van der Waals surface area contributed by atoms with E-state index in [2.05, 4.69) is 118 Å². The van der Waals surface area contributed by atoms with E-state index in [4.69, 9.17) is 14.2 Å². The van der Waals surface area contributed by atoms with Crippen LogP contribution < -0.4 is 0 Å². The lowest BCUT2D eigenvalue weighted by molar-refractivity contribution is -0.167. The summed E-state index contributed by atoms with van der Waals surface area (Å²) in [5, 5.41) is 0. The van der Waals surface area contributed by atoms with E-state index in [9.17, 15) is 14.4 Å². The summed E-state index contributed by atoms with van der Waals surface area (Å²) in [5.74, 6) is -0.917. The van der Waals surface area contributed by atoms with Gasteiger partial charge in [0, 0.05) is 19.3 Å². The Kier molecular flexibility index (Phi) is 60.8. The smallest absolute Gasteiger partial charge is 0.306 e. The summed E-state index contributed by atoms with van der Waals surface area (Å²) < 4.78 is 16.9. The van der Waals surface area contributed by atoms with Crippen molar-refractivity contribution in [1.29, 1.82) is 0 Å². The Morgan fingerprint density at radius 1 is 0.276 bits per heavy atom. The van der Waals surface area contributed by atoms with E-state index in [0.717, 1.165) is 135 Å². The van der Waals surface area contributed by atoms with Crippen LogP contribution in [0.3, 0.4) is 0 Å². The molecule has 6 nitrogen and oxygen atoms in total. The lowest BCUT2D eigenvalue weighted by Gasteiger charge is -2.18. The molecule has 0 saturated carbocycles. The summed E-state index contributed by atoms with van der Waals surface area (Å²) in [6.45, 7) is 6.50. The molecule has 0 bridgehead atoms. The van der Waals surface area contributed by atoms with Crippen LogP contribution in [0.2, 0.25) is 0 Å².